The Balaban J connectivity index is 1.62. The van der Waals surface area contributed by atoms with E-state index in [1.165, 1.54) is 0 Å². The van der Waals surface area contributed by atoms with Gasteiger partial charge in [-0.1, -0.05) is 97.1 Å². The monoisotopic (exact) mass is 396 g/mol. The number of hydrogen-bond donors (Lipinski definition) is 0. The van der Waals surface area contributed by atoms with Crippen molar-refractivity contribution in [3.05, 3.63) is 109 Å². The van der Waals surface area contributed by atoms with E-state index in [2.05, 4.69) is 49.5 Å². The molecular weight excluding hydrogens is 372 g/mol. The van der Waals surface area contributed by atoms with Crippen LogP contribution in [-0.4, -0.2) is 8.56 Å². The number of benzene rings is 4. The van der Waals surface area contributed by atoms with E-state index in [1.807, 2.05) is 72.8 Å². The zero-order valence-electron chi connectivity index (χ0n) is 16.7. The van der Waals surface area contributed by atoms with Gasteiger partial charge >= 0.3 is 8.56 Å². The Labute approximate surface area is 173 Å². The quantitative estimate of drug-likeness (QED) is 0.321. The van der Waals surface area contributed by atoms with Crippen molar-refractivity contribution >= 4 is 8.56 Å². The van der Waals surface area contributed by atoms with Crippen LogP contribution < -0.4 is 8.85 Å². The fourth-order valence-electron chi connectivity index (χ4n) is 3.37. The van der Waals surface area contributed by atoms with Gasteiger partial charge in [-0.15, -0.1) is 0 Å². The lowest BCUT2D eigenvalue weighted by Crippen LogP contribution is -2.42. The minimum absolute atomic E-state index is 0.854. The van der Waals surface area contributed by atoms with Crippen LogP contribution >= 0.6 is 0 Å². The average molecular weight is 397 g/mol. The van der Waals surface area contributed by atoms with Gasteiger partial charge in [0.15, 0.2) is 0 Å². The second kappa shape index (κ2) is 8.37. The van der Waals surface area contributed by atoms with Gasteiger partial charge in [-0.3, -0.25) is 0 Å². The highest BCUT2D eigenvalue weighted by atomic mass is 28.4. The van der Waals surface area contributed by atoms with E-state index in [0.29, 0.717) is 0 Å². The summed E-state index contributed by atoms with van der Waals surface area (Å²) < 4.78 is 13.0. The fraction of sp³-hybridized carbons (Fsp3) is 0.0769. The molecule has 3 heteroatoms. The first-order chi connectivity index (χ1) is 14.1. The molecule has 0 unspecified atom stereocenters. The van der Waals surface area contributed by atoms with Crippen molar-refractivity contribution in [2.75, 3.05) is 0 Å². The van der Waals surface area contributed by atoms with Crippen LogP contribution in [0.25, 0.3) is 22.3 Å². The van der Waals surface area contributed by atoms with E-state index in [1.54, 1.807) is 0 Å². The van der Waals surface area contributed by atoms with Crippen LogP contribution in [0.2, 0.25) is 13.1 Å². The zero-order valence-corrected chi connectivity index (χ0v) is 17.7. The standard InChI is InChI=1S/C26H24O2Si/c1-29(2,27-25-19-11-9-17-23(25)21-13-5-3-6-14-21)28-26-20-12-10-18-24(26)22-15-7-4-8-16-22/h3-20H,1-2H3. The van der Waals surface area contributed by atoms with Gasteiger partial charge in [0.05, 0.1) is 0 Å². The molecule has 0 fully saturated rings. The molecule has 0 aromatic heterocycles. The summed E-state index contributed by atoms with van der Waals surface area (Å²) in [5.41, 5.74) is 4.43. The Morgan fingerprint density at radius 1 is 0.448 bits per heavy atom. The molecule has 0 saturated heterocycles. The third-order valence-corrected chi connectivity index (χ3v) is 6.08. The Bertz CT molecular complexity index is 989. The maximum Gasteiger partial charge on any atom is 0.454 e. The zero-order chi connectivity index (χ0) is 20.1. The minimum Gasteiger partial charge on any atom is -0.512 e. The van der Waals surface area contributed by atoms with Crippen LogP contribution in [0.1, 0.15) is 0 Å². The van der Waals surface area contributed by atoms with Crippen LogP contribution in [0.5, 0.6) is 11.5 Å². The van der Waals surface area contributed by atoms with Gasteiger partial charge in [0.2, 0.25) is 0 Å². The second-order valence-electron chi connectivity index (χ2n) is 7.33. The molecule has 4 rings (SSSR count). The number of rotatable bonds is 6. The van der Waals surface area contributed by atoms with Crippen LogP contribution in [0, 0.1) is 0 Å². The summed E-state index contributed by atoms with van der Waals surface area (Å²) in [6, 6.07) is 36.9. The van der Waals surface area contributed by atoms with Crippen LogP contribution in [0.3, 0.4) is 0 Å². The first kappa shape index (κ1) is 19.0. The van der Waals surface area contributed by atoms with Crippen molar-refractivity contribution in [2.45, 2.75) is 13.1 Å². The molecule has 0 bridgehead atoms. The summed E-state index contributed by atoms with van der Waals surface area (Å²) in [5, 5.41) is 0. The highest BCUT2D eigenvalue weighted by molar-refractivity contribution is 6.66. The van der Waals surface area contributed by atoms with Gasteiger partial charge in [0.25, 0.3) is 0 Å². The number of hydrogen-bond acceptors (Lipinski definition) is 2. The molecule has 4 aromatic rings. The molecule has 2 nitrogen and oxygen atoms in total. The molecule has 0 N–H and O–H groups in total. The van der Waals surface area contributed by atoms with Crippen molar-refractivity contribution in [1.82, 2.24) is 0 Å². The van der Waals surface area contributed by atoms with Gasteiger partial charge in [-0.05, 0) is 23.3 Å². The molecule has 0 amide bonds. The molecule has 144 valence electrons. The smallest absolute Gasteiger partial charge is 0.454 e. The lowest BCUT2D eigenvalue weighted by Gasteiger charge is -2.27. The predicted molar refractivity (Wildman–Crippen MR) is 122 cm³/mol. The lowest BCUT2D eigenvalue weighted by molar-refractivity contribution is 0.401. The molecule has 29 heavy (non-hydrogen) atoms. The third kappa shape index (κ3) is 4.58. The van der Waals surface area contributed by atoms with E-state index in [4.69, 9.17) is 8.85 Å². The Morgan fingerprint density at radius 3 is 1.21 bits per heavy atom. The SMILES string of the molecule is C[Si](C)(Oc1ccccc1-c1ccccc1)Oc1ccccc1-c1ccccc1. The van der Waals surface area contributed by atoms with Gasteiger partial charge < -0.3 is 8.85 Å². The van der Waals surface area contributed by atoms with Crippen molar-refractivity contribution in [3.8, 4) is 33.8 Å². The second-order valence-corrected chi connectivity index (χ2v) is 10.5. The van der Waals surface area contributed by atoms with Crippen molar-refractivity contribution in [2.24, 2.45) is 0 Å². The van der Waals surface area contributed by atoms with Gasteiger partial charge in [-0.25, -0.2) is 0 Å². The fourth-order valence-corrected chi connectivity index (χ4v) is 4.83. The van der Waals surface area contributed by atoms with Crippen molar-refractivity contribution in [1.29, 1.82) is 0 Å². The van der Waals surface area contributed by atoms with E-state index < -0.39 is 8.56 Å². The molecule has 4 aromatic carbocycles. The summed E-state index contributed by atoms with van der Waals surface area (Å²) in [6.07, 6.45) is 0. The molecular formula is C26H24O2Si. The number of para-hydroxylation sites is 2. The average Bonchev–Trinajstić information content (AvgIpc) is 2.75. The molecule has 0 aliphatic heterocycles. The largest absolute Gasteiger partial charge is 0.512 e. The van der Waals surface area contributed by atoms with E-state index >= 15 is 0 Å². The highest BCUT2D eigenvalue weighted by Gasteiger charge is 2.31. The van der Waals surface area contributed by atoms with Gasteiger partial charge in [0, 0.05) is 24.2 Å². The normalized spacial score (nSPS) is 11.1. The molecule has 0 saturated carbocycles. The van der Waals surface area contributed by atoms with Crippen LogP contribution in [0.15, 0.2) is 109 Å². The lowest BCUT2D eigenvalue weighted by atomic mass is 10.1. The summed E-state index contributed by atoms with van der Waals surface area (Å²) in [7, 11) is -2.51. The van der Waals surface area contributed by atoms with E-state index in [0.717, 1.165) is 33.8 Å². The molecule has 0 aliphatic rings. The topological polar surface area (TPSA) is 18.5 Å². The summed E-state index contributed by atoms with van der Waals surface area (Å²) in [4.78, 5) is 0. The van der Waals surface area contributed by atoms with Crippen molar-refractivity contribution < 1.29 is 8.85 Å². The molecule has 0 heterocycles. The first-order valence-corrected chi connectivity index (χ1v) is 12.6. The highest BCUT2D eigenvalue weighted by Crippen LogP contribution is 2.34. The Hall–Kier alpha value is -3.30. The molecule has 0 aliphatic carbocycles. The predicted octanol–water partition coefficient (Wildman–Crippen LogP) is 7.18. The minimum atomic E-state index is -2.51. The van der Waals surface area contributed by atoms with E-state index in [9.17, 15) is 0 Å². The Kier molecular flexibility index (Phi) is 5.50. The molecule has 0 atom stereocenters. The molecule has 0 radical (unpaired) electrons. The summed E-state index contributed by atoms with van der Waals surface area (Å²) >= 11 is 0. The summed E-state index contributed by atoms with van der Waals surface area (Å²) in [6.45, 7) is 4.16. The maximum absolute atomic E-state index is 6.50. The van der Waals surface area contributed by atoms with Gasteiger partial charge in [0.1, 0.15) is 11.5 Å². The van der Waals surface area contributed by atoms with E-state index in [-0.39, 0.29) is 0 Å². The first-order valence-electron chi connectivity index (χ1n) is 9.79. The summed E-state index contributed by atoms with van der Waals surface area (Å²) in [5.74, 6) is 1.71. The van der Waals surface area contributed by atoms with Gasteiger partial charge in [-0.2, -0.15) is 0 Å². The van der Waals surface area contributed by atoms with Crippen LogP contribution in [-0.2, 0) is 0 Å². The Morgan fingerprint density at radius 2 is 0.793 bits per heavy atom. The maximum atomic E-state index is 6.50. The van der Waals surface area contributed by atoms with Crippen molar-refractivity contribution in [3.63, 3.8) is 0 Å². The van der Waals surface area contributed by atoms with Crippen LogP contribution in [0.4, 0.5) is 0 Å². The third-order valence-electron chi connectivity index (χ3n) is 4.66. The molecule has 0 spiro atoms.